The van der Waals surface area contributed by atoms with E-state index >= 15 is 0 Å². The quantitative estimate of drug-likeness (QED) is 0.547. The monoisotopic (exact) mass is 272 g/mol. The van der Waals surface area contributed by atoms with Crippen molar-refractivity contribution in [1.29, 1.82) is 0 Å². The smallest absolute Gasteiger partial charge is 0.148 e. The van der Waals surface area contributed by atoms with Crippen molar-refractivity contribution in [3.8, 4) is 0 Å². The zero-order chi connectivity index (χ0) is 14.4. The van der Waals surface area contributed by atoms with Crippen molar-refractivity contribution in [2.24, 2.45) is 5.84 Å². The Kier molecular flexibility index (Phi) is 4.84. The number of aromatic nitrogens is 3. The summed E-state index contributed by atoms with van der Waals surface area (Å²) in [4.78, 5) is 12.9. The second kappa shape index (κ2) is 6.81. The fourth-order valence-electron chi connectivity index (χ4n) is 1.90. The molecule has 0 aliphatic heterocycles. The highest BCUT2D eigenvalue weighted by Gasteiger charge is 2.08. The summed E-state index contributed by atoms with van der Waals surface area (Å²) in [6, 6.07) is 4.00. The van der Waals surface area contributed by atoms with Crippen molar-refractivity contribution in [3.63, 3.8) is 0 Å². The summed E-state index contributed by atoms with van der Waals surface area (Å²) in [7, 11) is 0. The van der Waals surface area contributed by atoms with Crippen LogP contribution in [0, 0.1) is 6.92 Å². The first-order valence-electron chi connectivity index (χ1n) is 6.71. The van der Waals surface area contributed by atoms with Gasteiger partial charge in [0.25, 0.3) is 0 Å². The number of hydrogen-bond acceptors (Lipinski definition) is 6. The average molecular weight is 272 g/mol. The highest BCUT2D eigenvalue weighted by Crippen LogP contribution is 2.19. The van der Waals surface area contributed by atoms with Crippen LogP contribution < -0.4 is 16.6 Å². The van der Waals surface area contributed by atoms with E-state index in [4.69, 9.17) is 5.84 Å². The molecule has 0 fully saturated rings. The molecular weight excluding hydrogens is 252 g/mol. The first-order chi connectivity index (χ1) is 9.74. The Morgan fingerprint density at radius 2 is 2.05 bits per heavy atom. The number of nitrogens with two attached hydrogens (primary N) is 1. The third-order valence-electron chi connectivity index (χ3n) is 3.07. The zero-order valence-corrected chi connectivity index (χ0v) is 11.8. The molecule has 0 aliphatic carbocycles. The number of rotatable bonds is 6. The molecule has 0 aliphatic rings. The van der Waals surface area contributed by atoms with Crippen molar-refractivity contribution in [1.82, 2.24) is 15.0 Å². The van der Waals surface area contributed by atoms with Crippen LogP contribution in [0.1, 0.15) is 23.9 Å². The normalized spacial score (nSPS) is 10.3. The van der Waals surface area contributed by atoms with Gasteiger partial charge in [-0.05, 0) is 25.0 Å². The van der Waals surface area contributed by atoms with E-state index in [0.717, 1.165) is 36.6 Å². The van der Waals surface area contributed by atoms with E-state index in [1.165, 1.54) is 5.56 Å². The number of nitrogens with one attached hydrogen (secondary N) is 2. The summed E-state index contributed by atoms with van der Waals surface area (Å²) in [5, 5.41) is 3.34. The van der Waals surface area contributed by atoms with Crippen LogP contribution in [0.2, 0.25) is 0 Å². The van der Waals surface area contributed by atoms with E-state index < -0.39 is 0 Å². The summed E-state index contributed by atoms with van der Waals surface area (Å²) < 4.78 is 0. The Balaban J connectivity index is 2.05. The Hall–Kier alpha value is -2.21. The lowest BCUT2D eigenvalue weighted by Gasteiger charge is -2.13. The average Bonchev–Trinajstić information content (AvgIpc) is 2.50. The molecule has 6 nitrogen and oxygen atoms in total. The number of aryl methyl sites for hydroxylation is 1. The van der Waals surface area contributed by atoms with Gasteiger partial charge in [-0.2, -0.15) is 0 Å². The molecule has 106 valence electrons. The number of nitrogen functional groups attached to an aromatic ring is 1. The molecule has 2 rings (SSSR count). The topological polar surface area (TPSA) is 88.8 Å². The van der Waals surface area contributed by atoms with Crippen molar-refractivity contribution < 1.29 is 0 Å². The van der Waals surface area contributed by atoms with Crippen molar-refractivity contribution in [2.45, 2.75) is 26.7 Å². The van der Waals surface area contributed by atoms with Crippen molar-refractivity contribution in [3.05, 3.63) is 41.5 Å². The van der Waals surface area contributed by atoms with E-state index in [0.29, 0.717) is 5.82 Å². The van der Waals surface area contributed by atoms with Crippen LogP contribution in [0.5, 0.6) is 0 Å². The van der Waals surface area contributed by atoms with Gasteiger partial charge in [0.05, 0.1) is 0 Å². The maximum atomic E-state index is 5.49. The summed E-state index contributed by atoms with van der Waals surface area (Å²) in [6.07, 6.45) is 5.31. The summed E-state index contributed by atoms with van der Waals surface area (Å²) in [6.45, 7) is 4.75. The summed E-state index contributed by atoms with van der Waals surface area (Å²) in [5.74, 6) is 7.75. The minimum atomic E-state index is 0.667. The number of anilines is 2. The fourth-order valence-corrected chi connectivity index (χ4v) is 1.90. The van der Waals surface area contributed by atoms with Gasteiger partial charge in [0.2, 0.25) is 0 Å². The highest BCUT2D eigenvalue weighted by atomic mass is 15.3. The molecule has 0 radical (unpaired) electrons. The molecule has 0 unspecified atom stereocenters. The maximum absolute atomic E-state index is 5.49. The van der Waals surface area contributed by atoms with Crippen molar-refractivity contribution in [2.75, 3.05) is 17.3 Å². The van der Waals surface area contributed by atoms with Gasteiger partial charge in [0, 0.05) is 30.9 Å². The minimum absolute atomic E-state index is 0.667. The van der Waals surface area contributed by atoms with Crippen molar-refractivity contribution >= 4 is 11.6 Å². The standard InChI is InChI=1S/C14H20N6/c1-3-12-18-13(10(2)14(19-12)20-15)17-8-6-11-5-4-7-16-9-11/h4-5,7,9H,3,6,8,15H2,1-2H3,(H2,17,18,19,20). The first-order valence-corrected chi connectivity index (χ1v) is 6.71. The Labute approximate surface area is 118 Å². The van der Waals surface area contributed by atoms with Crippen LogP contribution in [-0.2, 0) is 12.8 Å². The number of pyridine rings is 1. The molecule has 2 aromatic rings. The first kappa shape index (κ1) is 14.2. The van der Waals surface area contributed by atoms with Gasteiger partial charge in [-0.15, -0.1) is 0 Å². The Morgan fingerprint density at radius 1 is 1.25 bits per heavy atom. The predicted octanol–water partition coefficient (Wildman–Crippen LogP) is 1.68. The molecule has 0 bridgehead atoms. The minimum Gasteiger partial charge on any atom is -0.369 e. The SMILES string of the molecule is CCc1nc(NN)c(C)c(NCCc2cccnc2)n1. The summed E-state index contributed by atoms with van der Waals surface area (Å²) in [5.41, 5.74) is 4.74. The van der Waals surface area contributed by atoms with Crippen LogP contribution >= 0.6 is 0 Å². The van der Waals surface area contributed by atoms with Gasteiger partial charge >= 0.3 is 0 Å². The number of hydrogen-bond donors (Lipinski definition) is 3. The maximum Gasteiger partial charge on any atom is 0.148 e. The third-order valence-corrected chi connectivity index (χ3v) is 3.07. The van der Waals surface area contributed by atoms with E-state index in [1.807, 2.05) is 26.1 Å². The molecule has 2 heterocycles. The van der Waals surface area contributed by atoms with Crippen LogP contribution in [0.25, 0.3) is 0 Å². The Morgan fingerprint density at radius 3 is 2.70 bits per heavy atom. The molecular formula is C14H20N6. The van der Waals surface area contributed by atoms with Gasteiger partial charge in [0.1, 0.15) is 17.5 Å². The predicted molar refractivity (Wildman–Crippen MR) is 80.4 cm³/mol. The zero-order valence-electron chi connectivity index (χ0n) is 11.8. The molecule has 20 heavy (non-hydrogen) atoms. The van der Waals surface area contributed by atoms with E-state index in [9.17, 15) is 0 Å². The van der Waals surface area contributed by atoms with Crippen LogP contribution in [0.4, 0.5) is 11.6 Å². The molecule has 0 atom stereocenters. The third kappa shape index (κ3) is 3.42. The molecule has 2 aromatic heterocycles. The molecule has 0 saturated heterocycles. The lowest BCUT2D eigenvalue weighted by molar-refractivity contribution is 0.913. The largest absolute Gasteiger partial charge is 0.369 e. The second-order valence-corrected chi connectivity index (χ2v) is 4.50. The van der Waals surface area contributed by atoms with Gasteiger partial charge < -0.3 is 10.7 Å². The highest BCUT2D eigenvalue weighted by molar-refractivity contribution is 5.56. The molecule has 0 amide bonds. The molecule has 0 spiro atoms. The lowest BCUT2D eigenvalue weighted by atomic mass is 10.2. The van der Waals surface area contributed by atoms with Gasteiger partial charge in [-0.1, -0.05) is 13.0 Å². The number of nitrogens with zero attached hydrogens (tertiary/aromatic N) is 3. The van der Waals surface area contributed by atoms with Gasteiger partial charge in [-0.3, -0.25) is 4.98 Å². The molecule has 0 aromatic carbocycles. The lowest BCUT2D eigenvalue weighted by Crippen LogP contribution is -2.15. The van der Waals surface area contributed by atoms with Gasteiger partial charge in [-0.25, -0.2) is 15.8 Å². The fraction of sp³-hybridized carbons (Fsp3) is 0.357. The van der Waals surface area contributed by atoms with E-state index in [-0.39, 0.29) is 0 Å². The second-order valence-electron chi connectivity index (χ2n) is 4.50. The van der Waals surface area contributed by atoms with Gasteiger partial charge in [0.15, 0.2) is 0 Å². The van der Waals surface area contributed by atoms with Crippen LogP contribution in [-0.4, -0.2) is 21.5 Å². The molecule has 0 saturated carbocycles. The Bertz CT molecular complexity index is 555. The van der Waals surface area contributed by atoms with Crippen LogP contribution in [0.15, 0.2) is 24.5 Å². The number of hydrazine groups is 1. The van der Waals surface area contributed by atoms with Crippen LogP contribution in [0.3, 0.4) is 0 Å². The van der Waals surface area contributed by atoms with E-state index in [2.05, 4.69) is 31.8 Å². The molecule has 6 heteroatoms. The van der Waals surface area contributed by atoms with E-state index in [1.54, 1.807) is 6.20 Å². The summed E-state index contributed by atoms with van der Waals surface area (Å²) >= 11 is 0. The molecule has 4 N–H and O–H groups in total.